The Bertz CT molecular complexity index is 441. The SMILES string of the molecule is CCC(CC1CC1)Nc1ccc(N)cc1C(=O)O. The Morgan fingerprint density at radius 1 is 1.56 bits per heavy atom. The fourth-order valence-electron chi connectivity index (χ4n) is 2.17. The summed E-state index contributed by atoms with van der Waals surface area (Å²) in [6, 6.07) is 5.35. The van der Waals surface area contributed by atoms with Crippen molar-refractivity contribution in [1.29, 1.82) is 0 Å². The van der Waals surface area contributed by atoms with E-state index < -0.39 is 5.97 Å². The number of nitrogen functional groups attached to an aromatic ring is 1. The van der Waals surface area contributed by atoms with E-state index in [0.717, 1.165) is 18.8 Å². The number of carbonyl (C=O) groups is 1. The summed E-state index contributed by atoms with van der Waals surface area (Å²) in [7, 11) is 0. The molecule has 0 aliphatic heterocycles. The Kier molecular flexibility index (Phi) is 3.75. The van der Waals surface area contributed by atoms with Crippen LogP contribution in [0.3, 0.4) is 0 Å². The molecule has 1 unspecified atom stereocenters. The lowest BCUT2D eigenvalue weighted by Gasteiger charge is -2.19. The molecule has 0 saturated heterocycles. The van der Waals surface area contributed by atoms with Crippen LogP contribution in [-0.4, -0.2) is 17.1 Å². The predicted molar refractivity (Wildman–Crippen MR) is 72.9 cm³/mol. The molecule has 0 radical (unpaired) electrons. The maximum Gasteiger partial charge on any atom is 0.337 e. The molecule has 0 spiro atoms. The summed E-state index contributed by atoms with van der Waals surface area (Å²) in [6.07, 6.45) is 4.75. The molecular formula is C14H20N2O2. The van der Waals surface area contributed by atoms with Crippen molar-refractivity contribution in [1.82, 2.24) is 0 Å². The monoisotopic (exact) mass is 248 g/mol. The maximum atomic E-state index is 11.2. The van der Waals surface area contributed by atoms with Crippen molar-refractivity contribution in [2.24, 2.45) is 5.92 Å². The second kappa shape index (κ2) is 5.29. The molecule has 1 aromatic carbocycles. The van der Waals surface area contributed by atoms with Crippen molar-refractivity contribution in [3.8, 4) is 0 Å². The molecule has 0 amide bonds. The molecule has 2 rings (SSSR count). The van der Waals surface area contributed by atoms with Gasteiger partial charge in [-0.05, 0) is 37.0 Å². The average Bonchev–Trinajstić information content (AvgIpc) is 3.14. The zero-order valence-corrected chi connectivity index (χ0v) is 10.6. The fourth-order valence-corrected chi connectivity index (χ4v) is 2.17. The highest BCUT2D eigenvalue weighted by Gasteiger charge is 2.25. The number of nitrogens with one attached hydrogen (secondary N) is 1. The van der Waals surface area contributed by atoms with Crippen LogP contribution in [0.4, 0.5) is 11.4 Å². The molecular weight excluding hydrogens is 228 g/mol. The number of aromatic carboxylic acids is 1. The highest BCUT2D eigenvalue weighted by Crippen LogP contribution is 2.35. The van der Waals surface area contributed by atoms with E-state index in [1.54, 1.807) is 12.1 Å². The first-order valence-corrected chi connectivity index (χ1v) is 6.49. The molecule has 98 valence electrons. The second-order valence-corrected chi connectivity index (χ2v) is 5.04. The van der Waals surface area contributed by atoms with Gasteiger partial charge in [-0.15, -0.1) is 0 Å². The van der Waals surface area contributed by atoms with Crippen LogP contribution in [0, 0.1) is 5.92 Å². The van der Waals surface area contributed by atoms with Gasteiger partial charge in [0.05, 0.1) is 5.56 Å². The van der Waals surface area contributed by atoms with Gasteiger partial charge >= 0.3 is 5.97 Å². The lowest BCUT2D eigenvalue weighted by Crippen LogP contribution is -2.20. The minimum absolute atomic E-state index is 0.254. The molecule has 1 aromatic rings. The summed E-state index contributed by atoms with van der Waals surface area (Å²) in [6.45, 7) is 2.12. The lowest BCUT2D eigenvalue weighted by atomic mass is 10.1. The van der Waals surface area contributed by atoms with Gasteiger partial charge in [0, 0.05) is 17.4 Å². The van der Waals surface area contributed by atoms with E-state index in [9.17, 15) is 9.90 Å². The van der Waals surface area contributed by atoms with Crippen LogP contribution in [0.15, 0.2) is 18.2 Å². The summed E-state index contributed by atoms with van der Waals surface area (Å²) in [5, 5.41) is 12.5. The standard InChI is InChI=1S/C14H20N2O2/c1-2-11(7-9-3-4-9)16-13-6-5-10(15)8-12(13)14(17)18/h5-6,8-9,11,16H,2-4,7,15H2,1H3,(H,17,18). The summed E-state index contributed by atoms with van der Waals surface area (Å²) in [5.41, 5.74) is 7.03. The highest BCUT2D eigenvalue weighted by molar-refractivity contribution is 5.95. The third-order valence-corrected chi connectivity index (χ3v) is 3.44. The van der Waals surface area contributed by atoms with Crippen LogP contribution in [-0.2, 0) is 0 Å². The Labute approximate surface area is 107 Å². The van der Waals surface area contributed by atoms with E-state index in [4.69, 9.17) is 5.73 Å². The van der Waals surface area contributed by atoms with E-state index in [1.807, 2.05) is 0 Å². The zero-order valence-electron chi connectivity index (χ0n) is 10.6. The van der Waals surface area contributed by atoms with Gasteiger partial charge in [-0.25, -0.2) is 4.79 Å². The molecule has 0 aromatic heterocycles. The van der Waals surface area contributed by atoms with E-state index in [1.165, 1.54) is 18.9 Å². The molecule has 1 aliphatic carbocycles. The Morgan fingerprint density at radius 3 is 2.83 bits per heavy atom. The molecule has 1 aliphatic rings. The molecule has 1 atom stereocenters. The van der Waals surface area contributed by atoms with E-state index in [2.05, 4.69) is 12.2 Å². The first-order valence-electron chi connectivity index (χ1n) is 6.49. The molecule has 4 heteroatoms. The fraction of sp³-hybridized carbons (Fsp3) is 0.500. The number of hydrogen-bond acceptors (Lipinski definition) is 3. The van der Waals surface area contributed by atoms with Gasteiger partial charge in [0.15, 0.2) is 0 Å². The van der Waals surface area contributed by atoms with Crippen molar-refractivity contribution < 1.29 is 9.90 Å². The summed E-state index contributed by atoms with van der Waals surface area (Å²) < 4.78 is 0. The van der Waals surface area contributed by atoms with Gasteiger partial charge in [-0.2, -0.15) is 0 Å². The Morgan fingerprint density at radius 2 is 2.28 bits per heavy atom. The number of carboxylic acids is 1. The first kappa shape index (κ1) is 12.7. The Balaban J connectivity index is 2.13. The normalized spacial score (nSPS) is 16.3. The summed E-state index contributed by atoms with van der Waals surface area (Å²) in [4.78, 5) is 11.2. The minimum Gasteiger partial charge on any atom is -0.478 e. The van der Waals surface area contributed by atoms with Crippen molar-refractivity contribution in [3.05, 3.63) is 23.8 Å². The largest absolute Gasteiger partial charge is 0.478 e. The van der Waals surface area contributed by atoms with Crippen molar-refractivity contribution in [3.63, 3.8) is 0 Å². The van der Waals surface area contributed by atoms with Gasteiger partial charge in [0.2, 0.25) is 0 Å². The minimum atomic E-state index is -0.939. The van der Waals surface area contributed by atoms with Crippen LogP contribution in [0.2, 0.25) is 0 Å². The van der Waals surface area contributed by atoms with Crippen LogP contribution < -0.4 is 11.1 Å². The van der Waals surface area contributed by atoms with E-state index in [-0.39, 0.29) is 5.56 Å². The molecule has 0 bridgehead atoms. The number of hydrogen-bond donors (Lipinski definition) is 3. The van der Waals surface area contributed by atoms with Crippen LogP contribution in [0.1, 0.15) is 43.0 Å². The summed E-state index contributed by atoms with van der Waals surface area (Å²) >= 11 is 0. The second-order valence-electron chi connectivity index (χ2n) is 5.04. The van der Waals surface area contributed by atoms with E-state index in [0.29, 0.717) is 17.4 Å². The summed E-state index contributed by atoms with van der Waals surface area (Å²) in [5.74, 6) is -0.115. The van der Waals surface area contributed by atoms with Gasteiger partial charge in [-0.3, -0.25) is 0 Å². The highest BCUT2D eigenvalue weighted by atomic mass is 16.4. The van der Waals surface area contributed by atoms with E-state index >= 15 is 0 Å². The van der Waals surface area contributed by atoms with Crippen LogP contribution in [0.5, 0.6) is 0 Å². The average molecular weight is 248 g/mol. The molecule has 1 saturated carbocycles. The van der Waals surface area contributed by atoms with Crippen LogP contribution in [0.25, 0.3) is 0 Å². The molecule has 1 fully saturated rings. The number of anilines is 2. The van der Waals surface area contributed by atoms with Crippen LogP contribution >= 0.6 is 0 Å². The van der Waals surface area contributed by atoms with Gasteiger partial charge in [-0.1, -0.05) is 19.8 Å². The molecule has 18 heavy (non-hydrogen) atoms. The predicted octanol–water partition coefficient (Wildman–Crippen LogP) is 2.96. The number of rotatable bonds is 6. The number of benzene rings is 1. The first-order chi connectivity index (χ1) is 8.60. The smallest absolute Gasteiger partial charge is 0.337 e. The lowest BCUT2D eigenvalue weighted by molar-refractivity contribution is 0.0698. The van der Waals surface area contributed by atoms with Crippen molar-refractivity contribution >= 4 is 17.3 Å². The third kappa shape index (κ3) is 3.15. The van der Waals surface area contributed by atoms with Gasteiger partial charge < -0.3 is 16.2 Å². The molecule has 4 N–H and O–H groups in total. The molecule has 4 nitrogen and oxygen atoms in total. The maximum absolute atomic E-state index is 11.2. The van der Waals surface area contributed by atoms with Gasteiger partial charge in [0.25, 0.3) is 0 Å². The third-order valence-electron chi connectivity index (χ3n) is 3.44. The topological polar surface area (TPSA) is 75.3 Å². The number of carboxylic acid groups (broad SMARTS) is 1. The van der Waals surface area contributed by atoms with Crippen molar-refractivity contribution in [2.75, 3.05) is 11.1 Å². The zero-order chi connectivity index (χ0) is 13.1. The number of nitrogens with two attached hydrogens (primary N) is 1. The Hall–Kier alpha value is -1.71. The quantitative estimate of drug-likeness (QED) is 0.676. The molecule has 0 heterocycles. The van der Waals surface area contributed by atoms with Crippen molar-refractivity contribution in [2.45, 2.75) is 38.6 Å². The van der Waals surface area contributed by atoms with Gasteiger partial charge in [0.1, 0.15) is 0 Å².